The van der Waals surface area contributed by atoms with Crippen LogP contribution in [0.4, 0.5) is 0 Å². The molecule has 0 radical (unpaired) electrons. The van der Waals surface area contributed by atoms with E-state index in [1.807, 2.05) is 7.05 Å². The maximum Gasteiger partial charge on any atom is 0.193 e. The highest BCUT2D eigenvalue weighted by atomic mass is 127. The van der Waals surface area contributed by atoms with E-state index in [-0.39, 0.29) is 24.0 Å². The molecule has 0 bridgehead atoms. The van der Waals surface area contributed by atoms with Crippen molar-refractivity contribution in [1.29, 1.82) is 0 Å². The highest BCUT2D eigenvalue weighted by Crippen LogP contribution is 2.22. The van der Waals surface area contributed by atoms with Crippen LogP contribution < -0.4 is 5.32 Å². The van der Waals surface area contributed by atoms with Gasteiger partial charge in [-0.05, 0) is 43.7 Å². The van der Waals surface area contributed by atoms with E-state index in [4.69, 9.17) is 0 Å². The monoisotopic (exact) mass is 440 g/mol. The molecule has 1 aliphatic rings. The molecular weight excluding hydrogens is 411 g/mol. The molecule has 0 aliphatic carbocycles. The molecule has 0 spiro atoms. The lowest BCUT2D eigenvalue weighted by atomic mass is 9.99. The Morgan fingerprint density at radius 2 is 2.00 bits per heavy atom. The normalized spacial score (nSPS) is 16.3. The fraction of sp³-hybridized carbons (Fsp3) is 0.526. The van der Waals surface area contributed by atoms with Crippen molar-refractivity contribution in [2.75, 3.05) is 26.7 Å². The number of likely N-dealkylation sites (tertiary alicyclic amines) is 1. The highest BCUT2D eigenvalue weighted by Gasteiger charge is 2.18. The third-order valence-corrected chi connectivity index (χ3v) is 4.98. The van der Waals surface area contributed by atoms with Gasteiger partial charge in [0.2, 0.25) is 0 Å². The SMILES string of the molecule is CN=C(NCCc1c(C)[nH]c2ccccc12)N1CCC(C)CC1.I. The van der Waals surface area contributed by atoms with Crippen LogP contribution in [0.3, 0.4) is 0 Å². The number of H-pyrrole nitrogens is 1. The Hall–Kier alpha value is -1.24. The fourth-order valence-corrected chi connectivity index (χ4v) is 3.51. The van der Waals surface area contributed by atoms with E-state index in [1.165, 1.54) is 35.0 Å². The van der Waals surface area contributed by atoms with Crippen molar-refractivity contribution in [2.24, 2.45) is 10.9 Å². The van der Waals surface area contributed by atoms with Gasteiger partial charge in [-0.25, -0.2) is 0 Å². The number of piperidine rings is 1. The molecule has 132 valence electrons. The van der Waals surface area contributed by atoms with Gasteiger partial charge in [0.25, 0.3) is 0 Å². The zero-order valence-electron chi connectivity index (χ0n) is 14.9. The maximum absolute atomic E-state index is 4.46. The Balaban J connectivity index is 0.00000208. The summed E-state index contributed by atoms with van der Waals surface area (Å²) >= 11 is 0. The van der Waals surface area contributed by atoms with E-state index >= 15 is 0 Å². The second kappa shape index (κ2) is 8.74. The van der Waals surface area contributed by atoms with Crippen molar-refractivity contribution in [3.05, 3.63) is 35.5 Å². The molecule has 2 N–H and O–H groups in total. The number of fused-ring (bicyclic) bond motifs is 1. The molecule has 2 aromatic rings. The number of benzene rings is 1. The van der Waals surface area contributed by atoms with Crippen LogP contribution >= 0.6 is 24.0 Å². The lowest BCUT2D eigenvalue weighted by Gasteiger charge is -2.32. The van der Waals surface area contributed by atoms with E-state index < -0.39 is 0 Å². The molecule has 3 rings (SSSR count). The van der Waals surface area contributed by atoms with Crippen LogP contribution in [0, 0.1) is 12.8 Å². The Bertz CT molecular complexity index is 684. The minimum absolute atomic E-state index is 0. The zero-order chi connectivity index (χ0) is 16.2. The molecule has 1 aromatic heterocycles. The third kappa shape index (κ3) is 4.23. The van der Waals surface area contributed by atoms with Crippen molar-refractivity contribution in [3.63, 3.8) is 0 Å². The van der Waals surface area contributed by atoms with Gasteiger partial charge >= 0.3 is 0 Å². The molecule has 0 amide bonds. The van der Waals surface area contributed by atoms with Crippen LogP contribution in [-0.2, 0) is 6.42 Å². The van der Waals surface area contributed by atoms with E-state index in [1.54, 1.807) is 0 Å². The van der Waals surface area contributed by atoms with Gasteiger partial charge in [0.1, 0.15) is 0 Å². The summed E-state index contributed by atoms with van der Waals surface area (Å²) in [5.41, 5.74) is 3.92. The van der Waals surface area contributed by atoms with Crippen molar-refractivity contribution in [1.82, 2.24) is 15.2 Å². The smallest absolute Gasteiger partial charge is 0.193 e. The van der Waals surface area contributed by atoms with Gasteiger partial charge < -0.3 is 15.2 Å². The Labute approximate surface area is 162 Å². The van der Waals surface area contributed by atoms with Gasteiger partial charge in [0.05, 0.1) is 0 Å². The first-order valence-electron chi connectivity index (χ1n) is 8.71. The average Bonchev–Trinajstić information content (AvgIpc) is 2.88. The Morgan fingerprint density at radius 1 is 1.29 bits per heavy atom. The summed E-state index contributed by atoms with van der Waals surface area (Å²) in [5.74, 6) is 1.90. The molecular formula is C19H29IN4. The van der Waals surface area contributed by atoms with Crippen LogP contribution in [-0.4, -0.2) is 42.5 Å². The first kappa shape index (κ1) is 19.1. The number of para-hydroxylation sites is 1. The van der Waals surface area contributed by atoms with Crippen molar-refractivity contribution in [3.8, 4) is 0 Å². The lowest BCUT2D eigenvalue weighted by Crippen LogP contribution is -2.45. The molecule has 5 heteroatoms. The number of aliphatic imine (C=N–C) groups is 1. The standard InChI is InChI=1S/C19H28N4.HI/c1-14-9-12-23(13-10-14)19(20-3)21-11-8-16-15(2)22-18-7-5-4-6-17(16)18;/h4-7,14,22H,8-13H2,1-3H3,(H,20,21);1H. The van der Waals surface area contributed by atoms with Crippen LogP contribution in [0.5, 0.6) is 0 Å². The average molecular weight is 440 g/mol. The number of aromatic amines is 1. The van der Waals surface area contributed by atoms with E-state index in [9.17, 15) is 0 Å². The largest absolute Gasteiger partial charge is 0.358 e. The van der Waals surface area contributed by atoms with Crippen LogP contribution in [0.1, 0.15) is 31.0 Å². The predicted octanol–water partition coefficient (Wildman–Crippen LogP) is 3.94. The van der Waals surface area contributed by atoms with Crippen molar-refractivity contribution >= 4 is 40.8 Å². The first-order valence-corrected chi connectivity index (χ1v) is 8.71. The van der Waals surface area contributed by atoms with Crippen LogP contribution in [0.2, 0.25) is 0 Å². The number of hydrogen-bond donors (Lipinski definition) is 2. The number of halogens is 1. The molecule has 1 aliphatic heterocycles. The molecule has 2 heterocycles. The van der Waals surface area contributed by atoms with E-state index in [0.717, 1.165) is 37.9 Å². The summed E-state index contributed by atoms with van der Waals surface area (Å²) in [7, 11) is 1.89. The topological polar surface area (TPSA) is 43.4 Å². The number of nitrogens with one attached hydrogen (secondary N) is 2. The van der Waals surface area contributed by atoms with Gasteiger partial charge in [0.15, 0.2) is 5.96 Å². The van der Waals surface area contributed by atoms with Gasteiger partial charge in [-0.2, -0.15) is 0 Å². The van der Waals surface area contributed by atoms with Crippen LogP contribution in [0.15, 0.2) is 29.3 Å². The summed E-state index contributed by atoms with van der Waals surface area (Å²) in [5, 5.41) is 4.89. The summed E-state index contributed by atoms with van der Waals surface area (Å²) in [6.07, 6.45) is 3.55. The van der Waals surface area contributed by atoms with Crippen molar-refractivity contribution in [2.45, 2.75) is 33.1 Å². The van der Waals surface area contributed by atoms with E-state index in [0.29, 0.717) is 0 Å². The summed E-state index contributed by atoms with van der Waals surface area (Å²) in [6, 6.07) is 8.54. The molecule has 1 saturated heterocycles. The van der Waals surface area contributed by atoms with Crippen molar-refractivity contribution < 1.29 is 0 Å². The number of aromatic nitrogens is 1. The highest BCUT2D eigenvalue weighted by molar-refractivity contribution is 14.0. The minimum Gasteiger partial charge on any atom is -0.358 e. The maximum atomic E-state index is 4.46. The minimum atomic E-state index is 0. The molecule has 4 nitrogen and oxygen atoms in total. The molecule has 0 unspecified atom stereocenters. The summed E-state index contributed by atoms with van der Waals surface area (Å²) in [6.45, 7) is 7.66. The molecule has 0 saturated carbocycles. The van der Waals surface area contributed by atoms with Gasteiger partial charge in [-0.15, -0.1) is 24.0 Å². The zero-order valence-corrected chi connectivity index (χ0v) is 17.3. The predicted molar refractivity (Wildman–Crippen MR) is 113 cm³/mol. The fourth-order valence-electron chi connectivity index (χ4n) is 3.51. The second-order valence-electron chi connectivity index (χ2n) is 6.67. The van der Waals surface area contributed by atoms with Gasteiger partial charge in [-0.1, -0.05) is 25.1 Å². The van der Waals surface area contributed by atoms with E-state index in [2.05, 4.69) is 58.3 Å². The quantitative estimate of drug-likeness (QED) is 0.432. The van der Waals surface area contributed by atoms with Gasteiger partial charge in [-0.3, -0.25) is 4.99 Å². The lowest BCUT2D eigenvalue weighted by molar-refractivity contribution is 0.273. The molecule has 0 atom stereocenters. The molecule has 1 fully saturated rings. The Morgan fingerprint density at radius 3 is 2.71 bits per heavy atom. The second-order valence-corrected chi connectivity index (χ2v) is 6.67. The number of guanidine groups is 1. The first-order chi connectivity index (χ1) is 11.2. The molecule has 1 aromatic carbocycles. The number of hydrogen-bond acceptors (Lipinski definition) is 1. The third-order valence-electron chi connectivity index (χ3n) is 4.98. The summed E-state index contributed by atoms with van der Waals surface area (Å²) in [4.78, 5) is 10.3. The van der Waals surface area contributed by atoms with Gasteiger partial charge in [0, 0.05) is 43.3 Å². The number of rotatable bonds is 3. The number of aryl methyl sites for hydroxylation is 1. The Kier molecular flexibility index (Phi) is 6.95. The molecule has 24 heavy (non-hydrogen) atoms. The summed E-state index contributed by atoms with van der Waals surface area (Å²) < 4.78 is 0. The number of nitrogens with zero attached hydrogens (tertiary/aromatic N) is 2. The van der Waals surface area contributed by atoms with Crippen LogP contribution in [0.25, 0.3) is 10.9 Å².